The van der Waals surface area contributed by atoms with E-state index in [0.29, 0.717) is 29.4 Å². The van der Waals surface area contributed by atoms with Crippen LogP contribution in [-0.4, -0.2) is 43.7 Å². The number of ether oxygens (including phenoxy) is 1. The second-order valence-corrected chi connectivity index (χ2v) is 7.85. The summed E-state index contributed by atoms with van der Waals surface area (Å²) in [5.41, 5.74) is 3.89. The van der Waals surface area contributed by atoms with Crippen molar-refractivity contribution in [2.24, 2.45) is 0 Å². The van der Waals surface area contributed by atoms with E-state index in [-0.39, 0.29) is 11.7 Å². The number of hydrogen-bond acceptors (Lipinski definition) is 7. The van der Waals surface area contributed by atoms with Crippen LogP contribution in [0.15, 0.2) is 41.6 Å². The van der Waals surface area contributed by atoms with Gasteiger partial charge in [0, 0.05) is 18.7 Å². The molecule has 2 heterocycles. The molecule has 0 fully saturated rings. The Labute approximate surface area is 174 Å². The molecule has 0 aliphatic rings. The molecule has 1 amide bonds. The molecule has 0 spiro atoms. The van der Waals surface area contributed by atoms with Gasteiger partial charge in [0.2, 0.25) is 5.91 Å². The van der Waals surface area contributed by atoms with Crippen LogP contribution in [0.4, 0.5) is 5.69 Å². The summed E-state index contributed by atoms with van der Waals surface area (Å²) in [6.45, 7) is 1.19. The third-order valence-corrected chi connectivity index (χ3v) is 5.84. The lowest BCUT2D eigenvalue weighted by Crippen LogP contribution is -2.15. The van der Waals surface area contributed by atoms with Gasteiger partial charge in [0.15, 0.2) is 5.16 Å². The van der Waals surface area contributed by atoms with Crippen molar-refractivity contribution in [3.63, 3.8) is 0 Å². The predicted octanol–water partition coefficient (Wildman–Crippen LogP) is 4.07. The molecular weight excluding hydrogens is 418 g/mol. The van der Waals surface area contributed by atoms with Crippen molar-refractivity contribution in [2.45, 2.75) is 11.7 Å². The Morgan fingerprint density at radius 2 is 2.18 bits per heavy atom. The van der Waals surface area contributed by atoms with E-state index in [1.54, 1.807) is 7.11 Å². The molecule has 2 aromatic heterocycles. The molecule has 0 radical (unpaired) electrons. The van der Waals surface area contributed by atoms with Gasteiger partial charge in [-0.1, -0.05) is 29.4 Å². The van der Waals surface area contributed by atoms with E-state index >= 15 is 0 Å². The summed E-state index contributed by atoms with van der Waals surface area (Å²) >= 11 is 8.58. The molecular formula is C18H16ClN5O2S2. The summed E-state index contributed by atoms with van der Waals surface area (Å²) in [6, 6.07) is 11.1. The van der Waals surface area contributed by atoms with Crippen molar-refractivity contribution in [2.75, 3.05) is 24.8 Å². The Balaban J connectivity index is 1.51. The molecule has 0 bridgehead atoms. The molecule has 0 saturated heterocycles. The highest BCUT2D eigenvalue weighted by Crippen LogP contribution is 2.27. The Bertz CT molecular complexity index is 1140. The zero-order valence-electron chi connectivity index (χ0n) is 14.9. The van der Waals surface area contributed by atoms with Gasteiger partial charge in [0.1, 0.15) is 11.0 Å². The number of rotatable bonds is 7. The normalized spacial score (nSPS) is 11.4. The maximum atomic E-state index is 12.5. The smallest absolute Gasteiger partial charge is 0.234 e. The van der Waals surface area contributed by atoms with Gasteiger partial charge < -0.3 is 14.6 Å². The lowest BCUT2D eigenvalue weighted by atomic mass is 10.2. The second-order valence-electron chi connectivity index (χ2n) is 5.95. The van der Waals surface area contributed by atoms with Gasteiger partial charge >= 0.3 is 0 Å². The van der Waals surface area contributed by atoms with Gasteiger partial charge in [-0.05, 0) is 30.3 Å². The van der Waals surface area contributed by atoms with Gasteiger partial charge in [0.05, 0.1) is 40.8 Å². The number of methoxy groups -OCH3 is 1. The fourth-order valence-corrected chi connectivity index (χ4v) is 4.37. The first-order chi connectivity index (χ1) is 13.7. The second kappa shape index (κ2) is 8.44. The number of fused-ring (bicyclic) bond motifs is 2. The number of carbonyl (C=O) groups excluding carboxylic acids is 1. The van der Waals surface area contributed by atoms with Crippen LogP contribution in [0.3, 0.4) is 0 Å². The minimum atomic E-state index is -0.131. The fourth-order valence-electron chi connectivity index (χ4n) is 2.81. The van der Waals surface area contributed by atoms with Crippen LogP contribution in [0.2, 0.25) is 5.02 Å². The highest BCUT2D eigenvalue weighted by molar-refractivity contribution is 7.99. The van der Waals surface area contributed by atoms with Crippen LogP contribution < -0.4 is 5.32 Å². The number of anilines is 1. The average molecular weight is 434 g/mol. The number of hydrogen-bond donors (Lipinski definition) is 1. The van der Waals surface area contributed by atoms with E-state index in [9.17, 15) is 4.79 Å². The van der Waals surface area contributed by atoms with Crippen molar-refractivity contribution < 1.29 is 9.53 Å². The van der Waals surface area contributed by atoms with E-state index in [0.717, 1.165) is 33.4 Å². The average Bonchev–Trinajstić information content (AvgIpc) is 3.29. The third kappa shape index (κ3) is 3.97. The number of aromatic nitrogens is 4. The minimum Gasteiger partial charge on any atom is -0.383 e. The molecule has 1 N–H and O–H groups in total. The first kappa shape index (κ1) is 19.1. The van der Waals surface area contributed by atoms with Gasteiger partial charge in [-0.2, -0.15) is 8.75 Å². The van der Waals surface area contributed by atoms with Gasteiger partial charge in [-0.15, -0.1) is 0 Å². The molecule has 4 rings (SSSR count). The number of nitrogens with zero attached hydrogens (tertiary/aromatic N) is 4. The van der Waals surface area contributed by atoms with Crippen LogP contribution in [-0.2, 0) is 16.1 Å². The molecule has 10 heteroatoms. The highest BCUT2D eigenvalue weighted by Gasteiger charge is 2.14. The summed E-state index contributed by atoms with van der Waals surface area (Å²) < 4.78 is 15.7. The third-order valence-electron chi connectivity index (χ3n) is 4.09. The van der Waals surface area contributed by atoms with Crippen molar-refractivity contribution in [1.29, 1.82) is 0 Å². The molecule has 0 atom stereocenters. The van der Waals surface area contributed by atoms with Crippen molar-refractivity contribution >= 4 is 68.8 Å². The van der Waals surface area contributed by atoms with Crippen molar-refractivity contribution in [1.82, 2.24) is 18.3 Å². The molecule has 28 heavy (non-hydrogen) atoms. The number of amides is 1. The molecule has 0 aliphatic heterocycles. The maximum Gasteiger partial charge on any atom is 0.234 e. The van der Waals surface area contributed by atoms with E-state index in [1.807, 2.05) is 41.0 Å². The highest BCUT2D eigenvalue weighted by atomic mass is 35.5. The molecule has 4 aromatic rings. The standard InChI is InChI=1S/C18H16ClN5O2S2/c1-26-8-7-24-15-6-5-11(19)9-14(15)21-18(24)27-10-16(25)20-12-3-2-4-13-17(12)23-28-22-13/h2-6,9H,7-8,10H2,1H3,(H,20,25). The van der Waals surface area contributed by atoms with E-state index < -0.39 is 0 Å². The minimum absolute atomic E-state index is 0.131. The molecule has 0 unspecified atom stereocenters. The summed E-state index contributed by atoms with van der Waals surface area (Å²) in [7, 11) is 1.66. The van der Waals surface area contributed by atoms with Crippen LogP contribution >= 0.6 is 35.1 Å². The Morgan fingerprint density at radius 1 is 1.29 bits per heavy atom. The maximum absolute atomic E-state index is 12.5. The largest absolute Gasteiger partial charge is 0.383 e. The fraction of sp³-hybridized carbons (Fsp3) is 0.222. The molecule has 7 nitrogen and oxygen atoms in total. The number of carbonyl (C=O) groups is 1. The van der Waals surface area contributed by atoms with Crippen molar-refractivity contribution in [3.8, 4) is 0 Å². The van der Waals surface area contributed by atoms with Crippen LogP contribution in [0, 0.1) is 0 Å². The lowest BCUT2D eigenvalue weighted by Gasteiger charge is -2.09. The Hall–Kier alpha value is -2.20. The monoisotopic (exact) mass is 433 g/mol. The molecule has 0 saturated carbocycles. The van der Waals surface area contributed by atoms with E-state index in [4.69, 9.17) is 16.3 Å². The van der Waals surface area contributed by atoms with E-state index in [1.165, 1.54) is 11.8 Å². The zero-order valence-corrected chi connectivity index (χ0v) is 17.3. The van der Waals surface area contributed by atoms with Crippen LogP contribution in [0.5, 0.6) is 0 Å². The molecule has 144 valence electrons. The first-order valence-corrected chi connectivity index (χ1v) is 10.5. The van der Waals surface area contributed by atoms with Crippen LogP contribution in [0.1, 0.15) is 0 Å². The first-order valence-electron chi connectivity index (χ1n) is 8.44. The Morgan fingerprint density at radius 3 is 3.04 bits per heavy atom. The number of halogens is 1. The number of imidazole rings is 1. The van der Waals surface area contributed by atoms with E-state index in [2.05, 4.69) is 19.0 Å². The lowest BCUT2D eigenvalue weighted by molar-refractivity contribution is -0.113. The zero-order chi connectivity index (χ0) is 19.5. The SMILES string of the molecule is COCCn1c(SCC(=O)Nc2cccc3nsnc23)nc2cc(Cl)ccc21. The molecule has 0 aliphatic carbocycles. The topological polar surface area (TPSA) is 81.9 Å². The number of thioether (sulfide) groups is 1. The summed E-state index contributed by atoms with van der Waals surface area (Å²) in [6.07, 6.45) is 0. The predicted molar refractivity (Wildman–Crippen MR) is 113 cm³/mol. The van der Waals surface area contributed by atoms with Gasteiger partial charge in [0.25, 0.3) is 0 Å². The number of nitrogens with one attached hydrogen (secondary N) is 1. The summed E-state index contributed by atoms with van der Waals surface area (Å²) in [5, 5.41) is 4.28. The van der Waals surface area contributed by atoms with Crippen molar-refractivity contribution in [3.05, 3.63) is 41.4 Å². The van der Waals surface area contributed by atoms with Gasteiger partial charge in [-0.3, -0.25) is 4.79 Å². The number of benzene rings is 2. The summed E-state index contributed by atoms with van der Waals surface area (Å²) in [4.78, 5) is 17.1. The van der Waals surface area contributed by atoms with Gasteiger partial charge in [-0.25, -0.2) is 4.98 Å². The van der Waals surface area contributed by atoms with Crippen LogP contribution in [0.25, 0.3) is 22.1 Å². The molecule has 2 aromatic carbocycles. The quantitative estimate of drug-likeness (QED) is 0.442. The Kier molecular flexibility index (Phi) is 5.77. The summed E-state index contributed by atoms with van der Waals surface area (Å²) in [5.74, 6) is 0.0896.